The number of nitro groups is 1. The van der Waals surface area contributed by atoms with Gasteiger partial charge in [0.2, 0.25) is 0 Å². The molecule has 10 heteroatoms. The molecule has 0 aliphatic rings. The highest BCUT2D eigenvalue weighted by Crippen LogP contribution is 2.23. The average molecular weight is 387 g/mol. The highest BCUT2D eigenvalue weighted by molar-refractivity contribution is 6.33. The molecule has 2 atom stereocenters. The fraction of sp³-hybridized carbons (Fsp3) is 0.438. The van der Waals surface area contributed by atoms with Crippen molar-refractivity contribution in [1.29, 1.82) is 0 Å². The van der Waals surface area contributed by atoms with Crippen LogP contribution in [0.3, 0.4) is 0 Å². The lowest BCUT2D eigenvalue weighted by molar-refractivity contribution is -0.384. The van der Waals surface area contributed by atoms with Crippen LogP contribution in [0.1, 0.15) is 30.6 Å². The van der Waals surface area contributed by atoms with Crippen LogP contribution < -0.4 is 5.32 Å². The van der Waals surface area contributed by atoms with E-state index in [0.717, 1.165) is 18.2 Å². The van der Waals surface area contributed by atoms with Gasteiger partial charge in [-0.3, -0.25) is 14.9 Å². The van der Waals surface area contributed by atoms with Crippen LogP contribution in [-0.2, 0) is 19.1 Å². The van der Waals surface area contributed by atoms with Crippen LogP contribution in [0, 0.1) is 16.0 Å². The first-order valence-electron chi connectivity index (χ1n) is 7.69. The Morgan fingerprint density at radius 3 is 2.50 bits per heavy atom. The van der Waals surface area contributed by atoms with Gasteiger partial charge in [-0.1, -0.05) is 31.9 Å². The molecule has 0 aliphatic carbocycles. The third-order valence-corrected chi connectivity index (χ3v) is 4.02. The number of carbonyl (C=O) groups is 3. The van der Waals surface area contributed by atoms with Crippen molar-refractivity contribution in [3.63, 3.8) is 0 Å². The number of carbonyl (C=O) groups excluding carboxylic acids is 3. The molecule has 0 saturated heterocycles. The number of esters is 2. The van der Waals surface area contributed by atoms with Crippen molar-refractivity contribution in [3.8, 4) is 0 Å². The minimum atomic E-state index is -0.918. The molecule has 1 aromatic rings. The summed E-state index contributed by atoms with van der Waals surface area (Å²) < 4.78 is 9.48. The van der Waals surface area contributed by atoms with E-state index < -0.39 is 35.4 Å². The van der Waals surface area contributed by atoms with Gasteiger partial charge in [0.1, 0.15) is 6.04 Å². The molecule has 9 nitrogen and oxygen atoms in total. The van der Waals surface area contributed by atoms with Crippen LogP contribution in [0.5, 0.6) is 0 Å². The molecule has 26 heavy (non-hydrogen) atoms. The number of benzene rings is 1. The van der Waals surface area contributed by atoms with Gasteiger partial charge in [0, 0.05) is 12.1 Å². The number of halogens is 1. The van der Waals surface area contributed by atoms with Crippen LogP contribution in [-0.4, -0.2) is 42.5 Å². The Balaban J connectivity index is 2.70. The van der Waals surface area contributed by atoms with Crippen molar-refractivity contribution in [2.75, 3.05) is 13.7 Å². The molecule has 1 N–H and O–H groups in total. The molecule has 0 unspecified atom stereocenters. The van der Waals surface area contributed by atoms with Crippen LogP contribution in [0.15, 0.2) is 18.2 Å². The van der Waals surface area contributed by atoms with Gasteiger partial charge in [-0.2, -0.15) is 0 Å². The molecule has 1 amide bonds. The number of non-ortho nitro benzene ring substituents is 1. The van der Waals surface area contributed by atoms with Crippen LogP contribution in [0.2, 0.25) is 5.02 Å². The zero-order chi connectivity index (χ0) is 19.9. The number of nitrogens with one attached hydrogen (secondary N) is 1. The van der Waals surface area contributed by atoms with E-state index in [4.69, 9.17) is 16.3 Å². The normalized spacial score (nSPS) is 12.6. The summed E-state index contributed by atoms with van der Waals surface area (Å²) in [5.41, 5.74) is -0.393. The van der Waals surface area contributed by atoms with E-state index in [1.54, 1.807) is 6.92 Å². The molecule has 1 rings (SSSR count). The summed E-state index contributed by atoms with van der Waals surface area (Å²) in [6, 6.07) is 2.38. The number of nitrogens with zero attached hydrogens (tertiary/aromatic N) is 1. The highest BCUT2D eigenvalue weighted by Gasteiger charge is 2.27. The summed E-state index contributed by atoms with van der Waals surface area (Å²) in [7, 11) is 1.21. The second kappa shape index (κ2) is 9.71. The second-order valence-electron chi connectivity index (χ2n) is 5.45. The zero-order valence-corrected chi connectivity index (χ0v) is 15.2. The molecule has 0 spiro atoms. The maximum absolute atomic E-state index is 12.0. The van der Waals surface area contributed by atoms with Crippen molar-refractivity contribution in [2.24, 2.45) is 5.92 Å². The molecule has 0 aliphatic heterocycles. The second-order valence-corrected chi connectivity index (χ2v) is 5.86. The zero-order valence-electron chi connectivity index (χ0n) is 14.5. The number of nitro benzene ring substituents is 1. The lowest BCUT2D eigenvalue weighted by Crippen LogP contribution is -2.47. The summed E-state index contributed by atoms with van der Waals surface area (Å²) in [6.07, 6.45) is 0.623. The van der Waals surface area contributed by atoms with Gasteiger partial charge in [-0.15, -0.1) is 0 Å². The van der Waals surface area contributed by atoms with Gasteiger partial charge in [0.05, 0.1) is 22.6 Å². The van der Waals surface area contributed by atoms with E-state index >= 15 is 0 Å². The first-order valence-corrected chi connectivity index (χ1v) is 8.07. The van der Waals surface area contributed by atoms with E-state index in [-0.39, 0.29) is 22.2 Å². The van der Waals surface area contributed by atoms with E-state index in [2.05, 4.69) is 10.1 Å². The van der Waals surface area contributed by atoms with Gasteiger partial charge in [0.25, 0.3) is 11.6 Å². The number of methoxy groups -OCH3 is 1. The fourth-order valence-electron chi connectivity index (χ4n) is 2.00. The Morgan fingerprint density at radius 1 is 1.35 bits per heavy atom. The number of amides is 1. The summed E-state index contributed by atoms with van der Waals surface area (Å²) in [5.74, 6) is -2.38. The third-order valence-electron chi connectivity index (χ3n) is 3.70. The summed E-state index contributed by atoms with van der Waals surface area (Å²) in [4.78, 5) is 45.6. The Hall–Kier alpha value is -2.68. The molecule has 0 heterocycles. The van der Waals surface area contributed by atoms with Gasteiger partial charge >= 0.3 is 11.9 Å². The van der Waals surface area contributed by atoms with E-state index in [9.17, 15) is 24.5 Å². The van der Waals surface area contributed by atoms with Gasteiger partial charge in [-0.05, 0) is 12.0 Å². The average Bonchev–Trinajstić information content (AvgIpc) is 2.62. The van der Waals surface area contributed by atoms with Crippen LogP contribution >= 0.6 is 11.6 Å². The summed E-state index contributed by atoms with van der Waals surface area (Å²) >= 11 is 5.82. The lowest BCUT2D eigenvalue weighted by Gasteiger charge is -2.21. The fourth-order valence-corrected chi connectivity index (χ4v) is 2.26. The monoisotopic (exact) mass is 386 g/mol. The molecule has 0 aromatic heterocycles. The lowest BCUT2D eigenvalue weighted by atomic mass is 9.99. The van der Waals surface area contributed by atoms with Gasteiger partial charge < -0.3 is 14.8 Å². The maximum Gasteiger partial charge on any atom is 0.340 e. The first kappa shape index (κ1) is 21.4. The van der Waals surface area contributed by atoms with E-state index in [0.29, 0.717) is 6.42 Å². The summed E-state index contributed by atoms with van der Waals surface area (Å²) in [5, 5.41) is 12.9. The molecule has 142 valence electrons. The SMILES string of the molecule is CC[C@H](C)[C@@H](NC(=O)COC(=O)c1ccc([N+](=O)[O-])cc1Cl)C(=O)OC. The van der Waals surface area contributed by atoms with Gasteiger partial charge in [0.15, 0.2) is 6.61 Å². The van der Waals surface area contributed by atoms with Crippen molar-refractivity contribution >= 4 is 35.1 Å². The predicted octanol–water partition coefficient (Wildman–Crippen LogP) is 2.11. The number of ether oxygens (including phenoxy) is 2. The molecule has 0 saturated carbocycles. The Bertz CT molecular complexity index is 708. The molecule has 0 radical (unpaired) electrons. The molecule has 0 fully saturated rings. The van der Waals surface area contributed by atoms with E-state index in [1.807, 2.05) is 6.92 Å². The largest absolute Gasteiger partial charge is 0.467 e. The Labute approximate surface area is 154 Å². The number of hydrogen-bond donors (Lipinski definition) is 1. The minimum Gasteiger partial charge on any atom is -0.467 e. The Kier molecular flexibility index (Phi) is 7.98. The molecular weight excluding hydrogens is 368 g/mol. The minimum absolute atomic E-state index is 0.114. The predicted molar refractivity (Wildman–Crippen MR) is 91.8 cm³/mol. The van der Waals surface area contributed by atoms with Crippen molar-refractivity contribution in [1.82, 2.24) is 5.32 Å². The first-order chi connectivity index (χ1) is 12.2. The standard InChI is InChI=1S/C16H19ClN2O7/c1-4-9(2)14(16(22)25-3)18-13(20)8-26-15(21)11-6-5-10(19(23)24)7-12(11)17/h5-7,9,14H,4,8H2,1-3H3,(H,18,20)/t9-,14+/m0/s1. The van der Waals surface area contributed by atoms with Gasteiger partial charge in [-0.25, -0.2) is 9.59 Å². The van der Waals surface area contributed by atoms with Crippen LogP contribution in [0.25, 0.3) is 0 Å². The van der Waals surface area contributed by atoms with Crippen LogP contribution in [0.4, 0.5) is 5.69 Å². The number of hydrogen-bond acceptors (Lipinski definition) is 7. The quantitative estimate of drug-likeness (QED) is 0.412. The molecule has 1 aromatic carbocycles. The van der Waals surface area contributed by atoms with Crippen molar-refractivity contribution in [3.05, 3.63) is 38.9 Å². The maximum atomic E-state index is 12.0. The smallest absolute Gasteiger partial charge is 0.340 e. The topological polar surface area (TPSA) is 125 Å². The molecular formula is C16H19ClN2O7. The summed E-state index contributed by atoms with van der Waals surface area (Å²) in [6.45, 7) is 2.98. The highest BCUT2D eigenvalue weighted by atomic mass is 35.5. The third kappa shape index (κ3) is 5.69. The molecule has 0 bridgehead atoms. The van der Waals surface area contributed by atoms with Crippen molar-refractivity contribution < 1.29 is 28.8 Å². The number of rotatable bonds is 8. The van der Waals surface area contributed by atoms with Crippen molar-refractivity contribution in [2.45, 2.75) is 26.3 Å². The Morgan fingerprint density at radius 2 is 2.00 bits per heavy atom. The van der Waals surface area contributed by atoms with E-state index in [1.165, 1.54) is 7.11 Å².